The maximum atomic E-state index is 4.99. The maximum Gasteiger partial charge on any atom is 0.116 e. The third kappa shape index (κ3) is 2.60. The molecular weight excluding hydrogens is 370 g/mol. The average molecular weight is 384 g/mol. The van der Waals surface area contributed by atoms with E-state index in [1.165, 1.54) is 0 Å². The third-order valence-corrected chi connectivity index (χ3v) is 5.13. The van der Waals surface area contributed by atoms with Crippen molar-refractivity contribution in [1.82, 2.24) is 24.9 Å². The number of pyridine rings is 1. The number of nitrogens with zero attached hydrogens (tertiary/aromatic N) is 5. The Morgan fingerprint density at radius 2 is 1.37 bits per heavy atom. The minimum absolute atomic E-state index is 0.708. The van der Waals surface area contributed by atoms with Crippen LogP contribution in [0.25, 0.3) is 55.5 Å². The van der Waals surface area contributed by atoms with E-state index < -0.39 is 0 Å². The van der Waals surface area contributed by atoms with Crippen LogP contribution < -0.4 is 0 Å². The van der Waals surface area contributed by atoms with E-state index in [0.717, 1.165) is 49.8 Å². The van der Waals surface area contributed by atoms with Gasteiger partial charge in [0.2, 0.25) is 0 Å². The zero-order chi connectivity index (χ0) is 19.9. The summed E-state index contributed by atoms with van der Waals surface area (Å²) in [4.78, 5) is 23.7. The van der Waals surface area contributed by atoms with Gasteiger partial charge < -0.3 is 0 Å². The van der Waals surface area contributed by atoms with Crippen LogP contribution in [0.1, 0.15) is 0 Å². The molecule has 0 unspecified atom stereocenters. The standard InChI is InChI=1S/C25H14N5/c1-2-7-17-16(6-1)12-13-27-23(17)25-24(29-19-9-3-4-10-20(19)30-25)18-8-5-11-21-22(18)28-15-14-26-21/h1-6,8-15H. The molecular formula is C25H14N5. The first-order valence-corrected chi connectivity index (χ1v) is 9.61. The lowest BCUT2D eigenvalue weighted by Gasteiger charge is -2.12. The van der Waals surface area contributed by atoms with E-state index in [4.69, 9.17) is 9.97 Å². The molecule has 3 heterocycles. The van der Waals surface area contributed by atoms with E-state index in [2.05, 4.69) is 27.1 Å². The van der Waals surface area contributed by atoms with E-state index in [-0.39, 0.29) is 0 Å². The molecule has 139 valence electrons. The molecule has 6 rings (SSSR count). The molecule has 0 spiro atoms. The number of rotatable bonds is 2. The second-order valence-corrected chi connectivity index (χ2v) is 6.93. The molecule has 30 heavy (non-hydrogen) atoms. The topological polar surface area (TPSA) is 64.5 Å². The zero-order valence-corrected chi connectivity index (χ0v) is 15.8. The Labute approximate surface area is 172 Å². The molecule has 0 saturated heterocycles. The highest BCUT2D eigenvalue weighted by Crippen LogP contribution is 2.35. The molecule has 0 atom stereocenters. The van der Waals surface area contributed by atoms with Crippen molar-refractivity contribution in [3.63, 3.8) is 0 Å². The summed E-state index contributed by atoms with van der Waals surface area (Å²) < 4.78 is 0. The highest BCUT2D eigenvalue weighted by atomic mass is 14.9. The summed E-state index contributed by atoms with van der Waals surface area (Å²) in [6.07, 6.45) is 5.19. The van der Waals surface area contributed by atoms with Gasteiger partial charge in [0.05, 0.1) is 27.8 Å². The summed E-state index contributed by atoms with van der Waals surface area (Å²) in [7, 11) is 0. The van der Waals surface area contributed by atoms with E-state index in [9.17, 15) is 0 Å². The molecule has 0 aliphatic heterocycles. The third-order valence-electron chi connectivity index (χ3n) is 5.13. The van der Waals surface area contributed by atoms with E-state index >= 15 is 0 Å². The van der Waals surface area contributed by atoms with Crippen molar-refractivity contribution in [2.45, 2.75) is 0 Å². The Hall–Kier alpha value is -4.25. The Kier molecular flexibility index (Phi) is 3.71. The largest absolute Gasteiger partial charge is 0.254 e. The monoisotopic (exact) mass is 384 g/mol. The van der Waals surface area contributed by atoms with Crippen LogP contribution in [-0.2, 0) is 0 Å². The van der Waals surface area contributed by atoms with Crippen LogP contribution in [0.5, 0.6) is 0 Å². The first-order chi connectivity index (χ1) is 14.9. The predicted octanol–water partition coefficient (Wildman–Crippen LogP) is 5.26. The van der Waals surface area contributed by atoms with Crippen molar-refractivity contribution in [3.05, 3.63) is 91.4 Å². The van der Waals surface area contributed by atoms with Gasteiger partial charge in [0, 0.05) is 29.5 Å². The predicted molar refractivity (Wildman–Crippen MR) is 118 cm³/mol. The van der Waals surface area contributed by atoms with E-state index in [1.807, 2.05) is 60.7 Å². The van der Waals surface area contributed by atoms with Crippen molar-refractivity contribution in [2.24, 2.45) is 0 Å². The number of hydrogen-bond acceptors (Lipinski definition) is 5. The van der Waals surface area contributed by atoms with Gasteiger partial charge in [-0.05, 0) is 35.7 Å². The van der Waals surface area contributed by atoms with Gasteiger partial charge in [-0.25, -0.2) is 9.97 Å². The highest BCUT2D eigenvalue weighted by Gasteiger charge is 2.18. The lowest BCUT2D eigenvalue weighted by Crippen LogP contribution is -1.99. The summed E-state index contributed by atoms with van der Waals surface area (Å²) >= 11 is 0. The maximum absolute atomic E-state index is 4.99. The van der Waals surface area contributed by atoms with Gasteiger partial charge in [0.1, 0.15) is 11.4 Å². The second-order valence-electron chi connectivity index (χ2n) is 6.93. The number of benzene rings is 3. The fraction of sp³-hybridized carbons (Fsp3) is 0. The molecule has 3 aromatic carbocycles. The molecule has 1 radical (unpaired) electrons. The molecule has 0 N–H and O–H groups in total. The van der Waals surface area contributed by atoms with Crippen LogP contribution in [-0.4, -0.2) is 24.9 Å². The normalized spacial score (nSPS) is 11.3. The first kappa shape index (κ1) is 16.7. The van der Waals surface area contributed by atoms with Crippen molar-refractivity contribution in [2.75, 3.05) is 0 Å². The van der Waals surface area contributed by atoms with Gasteiger partial charge in [-0.1, -0.05) is 42.5 Å². The number of fused-ring (bicyclic) bond motifs is 3. The summed E-state index contributed by atoms with van der Waals surface area (Å²) in [5.74, 6) is 0. The summed E-state index contributed by atoms with van der Waals surface area (Å²) in [5, 5.41) is 1.97. The number of aromatic nitrogens is 5. The molecule has 0 aliphatic carbocycles. The van der Waals surface area contributed by atoms with Crippen molar-refractivity contribution in [3.8, 4) is 22.6 Å². The van der Waals surface area contributed by atoms with Crippen molar-refractivity contribution in [1.29, 1.82) is 0 Å². The minimum atomic E-state index is 0.708. The van der Waals surface area contributed by atoms with Crippen LogP contribution in [0.15, 0.2) is 85.3 Å². The molecule has 5 nitrogen and oxygen atoms in total. The molecule has 0 saturated carbocycles. The Morgan fingerprint density at radius 3 is 2.27 bits per heavy atom. The Balaban J connectivity index is 1.76. The van der Waals surface area contributed by atoms with Crippen LogP contribution in [0, 0.1) is 6.07 Å². The molecule has 0 amide bonds. The first-order valence-electron chi connectivity index (χ1n) is 9.61. The molecule has 3 aromatic heterocycles. The van der Waals surface area contributed by atoms with Crippen LogP contribution in [0.2, 0.25) is 0 Å². The molecule has 5 heteroatoms. The number of hydrogen-bond donors (Lipinski definition) is 0. The Bertz CT molecular complexity index is 1430. The van der Waals surface area contributed by atoms with E-state index in [1.54, 1.807) is 18.6 Å². The second kappa shape index (κ2) is 6.67. The van der Waals surface area contributed by atoms with Gasteiger partial charge in [0.15, 0.2) is 0 Å². The SMILES string of the molecule is [c]1cccc2ccnc(-c3nc4ccccc4nc3-c3cccc4nccnc34)c12. The summed E-state index contributed by atoms with van der Waals surface area (Å²) in [5.41, 5.74) is 6.31. The molecule has 0 aliphatic rings. The average Bonchev–Trinajstić information content (AvgIpc) is 2.82. The smallest absolute Gasteiger partial charge is 0.116 e. The van der Waals surface area contributed by atoms with Gasteiger partial charge in [-0.2, -0.15) is 0 Å². The van der Waals surface area contributed by atoms with Crippen LogP contribution in [0.4, 0.5) is 0 Å². The molecule has 0 bridgehead atoms. The quantitative estimate of drug-likeness (QED) is 0.408. The van der Waals surface area contributed by atoms with Gasteiger partial charge in [-0.3, -0.25) is 15.0 Å². The minimum Gasteiger partial charge on any atom is -0.254 e. The number of para-hydroxylation sites is 3. The van der Waals surface area contributed by atoms with Gasteiger partial charge >= 0.3 is 0 Å². The van der Waals surface area contributed by atoms with Gasteiger partial charge in [0.25, 0.3) is 0 Å². The lowest BCUT2D eigenvalue weighted by molar-refractivity contribution is 1.24. The van der Waals surface area contributed by atoms with E-state index in [0.29, 0.717) is 5.69 Å². The zero-order valence-electron chi connectivity index (χ0n) is 15.8. The summed E-state index contributed by atoms with van der Waals surface area (Å²) in [6.45, 7) is 0. The lowest BCUT2D eigenvalue weighted by atomic mass is 10.0. The van der Waals surface area contributed by atoms with Crippen LogP contribution in [0.3, 0.4) is 0 Å². The molecule has 0 fully saturated rings. The highest BCUT2D eigenvalue weighted by molar-refractivity contribution is 6.01. The van der Waals surface area contributed by atoms with Crippen LogP contribution >= 0.6 is 0 Å². The van der Waals surface area contributed by atoms with Crippen molar-refractivity contribution >= 4 is 32.8 Å². The Morgan fingerprint density at radius 1 is 0.567 bits per heavy atom. The summed E-state index contributed by atoms with van der Waals surface area (Å²) in [6, 6.07) is 25.0. The molecule has 6 aromatic rings. The van der Waals surface area contributed by atoms with Crippen molar-refractivity contribution < 1.29 is 0 Å². The fourth-order valence-electron chi connectivity index (χ4n) is 3.77. The fourth-order valence-corrected chi connectivity index (χ4v) is 3.77. The van der Waals surface area contributed by atoms with Gasteiger partial charge in [-0.15, -0.1) is 0 Å².